The molecule has 0 unspecified atom stereocenters. The molecule has 2 rings (SSSR count). The fourth-order valence-electron chi connectivity index (χ4n) is 1.75. The van der Waals surface area contributed by atoms with Gasteiger partial charge >= 0.3 is 0 Å². The Morgan fingerprint density at radius 2 is 1.96 bits per heavy atom. The molecular weight excluding hydrogens is 312 g/mol. The minimum absolute atomic E-state index is 0.125. The van der Waals surface area contributed by atoms with Crippen LogP contribution >= 0.6 is 11.8 Å². The van der Waals surface area contributed by atoms with Crippen molar-refractivity contribution in [2.75, 3.05) is 30.1 Å². The predicted octanol–water partition coefficient (Wildman–Crippen LogP) is 1.88. The summed E-state index contributed by atoms with van der Waals surface area (Å²) in [4.78, 5) is 25.7. The second-order valence-electron chi connectivity index (χ2n) is 5.32. The van der Waals surface area contributed by atoms with E-state index >= 15 is 0 Å². The number of aromatic nitrogens is 3. The molecule has 23 heavy (non-hydrogen) atoms. The number of primary amides is 1. The van der Waals surface area contributed by atoms with E-state index in [1.54, 1.807) is 4.90 Å². The summed E-state index contributed by atoms with van der Waals surface area (Å²) in [6, 6.07) is 6.04. The number of hydrogen-bond donors (Lipinski definition) is 2. The standard InChI is InChI=1S/C15H20N6OS/c1-9-5-6-11(7-10(9)2)17-13-18-14(21(3)4)20-15(19-13)23-8-12(16)22/h5-7H,8H2,1-4H3,(H2,16,22)(H,17,18,19,20). The van der Waals surface area contributed by atoms with Crippen molar-refractivity contribution >= 4 is 35.3 Å². The van der Waals surface area contributed by atoms with E-state index in [1.807, 2.05) is 39.2 Å². The van der Waals surface area contributed by atoms with Crippen molar-refractivity contribution in [2.24, 2.45) is 5.73 Å². The Hall–Kier alpha value is -2.35. The molecule has 0 aliphatic heterocycles. The van der Waals surface area contributed by atoms with Gasteiger partial charge in [-0.3, -0.25) is 4.79 Å². The van der Waals surface area contributed by atoms with Gasteiger partial charge in [-0.1, -0.05) is 17.8 Å². The topological polar surface area (TPSA) is 97.0 Å². The molecule has 0 aliphatic carbocycles. The highest BCUT2D eigenvalue weighted by Gasteiger charge is 2.10. The number of anilines is 3. The van der Waals surface area contributed by atoms with E-state index in [2.05, 4.69) is 27.2 Å². The highest BCUT2D eigenvalue weighted by molar-refractivity contribution is 7.99. The lowest BCUT2D eigenvalue weighted by Crippen LogP contribution is -2.16. The maximum atomic E-state index is 10.9. The zero-order valence-electron chi connectivity index (χ0n) is 13.6. The Morgan fingerprint density at radius 1 is 1.22 bits per heavy atom. The fourth-order valence-corrected chi connectivity index (χ4v) is 2.32. The SMILES string of the molecule is Cc1ccc(Nc2nc(SCC(N)=O)nc(N(C)C)n2)cc1C. The van der Waals surface area contributed by atoms with Crippen LogP contribution in [0.1, 0.15) is 11.1 Å². The summed E-state index contributed by atoms with van der Waals surface area (Å²) >= 11 is 1.19. The Morgan fingerprint density at radius 3 is 2.57 bits per heavy atom. The first kappa shape index (κ1) is 17.0. The minimum atomic E-state index is -0.412. The number of carbonyl (C=O) groups excluding carboxylic acids is 1. The van der Waals surface area contributed by atoms with Crippen molar-refractivity contribution in [2.45, 2.75) is 19.0 Å². The Balaban J connectivity index is 2.28. The molecule has 0 radical (unpaired) electrons. The van der Waals surface area contributed by atoms with Gasteiger partial charge < -0.3 is 16.0 Å². The van der Waals surface area contributed by atoms with E-state index < -0.39 is 5.91 Å². The smallest absolute Gasteiger partial charge is 0.233 e. The number of nitrogens with zero attached hydrogens (tertiary/aromatic N) is 4. The van der Waals surface area contributed by atoms with E-state index in [0.29, 0.717) is 17.1 Å². The average Bonchev–Trinajstić information content (AvgIpc) is 2.48. The molecule has 0 aliphatic rings. The van der Waals surface area contributed by atoms with Gasteiger partial charge in [-0.05, 0) is 37.1 Å². The minimum Gasteiger partial charge on any atom is -0.369 e. The summed E-state index contributed by atoms with van der Waals surface area (Å²) in [5.74, 6) is 0.655. The Labute approximate surface area is 139 Å². The van der Waals surface area contributed by atoms with Gasteiger partial charge in [-0.15, -0.1) is 0 Å². The molecule has 1 aromatic heterocycles. The number of hydrogen-bond acceptors (Lipinski definition) is 7. The maximum Gasteiger partial charge on any atom is 0.233 e. The number of aryl methyl sites for hydroxylation is 2. The maximum absolute atomic E-state index is 10.9. The van der Waals surface area contributed by atoms with E-state index in [1.165, 1.54) is 22.9 Å². The third kappa shape index (κ3) is 4.82. The van der Waals surface area contributed by atoms with E-state index in [9.17, 15) is 4.79 Å². The number of nitrogens with two attached hydrogens (primary N) is 1. The zero-order chi connectivity index (χ0) is 17.0. The predicted molar refractivity (Wildman–Crippen MR) is 93.3 cm³/mol. The molecule has 0 fully saturated rings. The van der Waals surface area contributed by atoms with Crippen LogP contribution in [0.4, 0.5) is 17.6 Å². The van der Waals surface area contributed by atoms with E-state index in [0.717, 1.165) is 5.69 Å². The van der Waals surface area contributed by atoms with Crippen LogP contribution in [-0.2, 0) is 4.79 Å². The number of benzene rings is 1. The van der Waals surface area contributed by atoms with Crippen LogP contribution in [-0.4, -0.2) is 40.7 Å². The van der Waals surface area contributed by atoms with Crippen molar-refractivity contribution in [3.63, 3.8) is 0 Å². The summed E-state index contributed by atoms with van der Waals surface area (Å²) in [5.41, 5.74) is 8.47. The molecule has 2 aromatic rings. The molecule has 8 heteroatoms. The quantitative estimate of drug-likeness (QED) is 0.779. The van der Waals surface area contributed by atoms with Gasteiger partial charge in [0.05, 0.1) is 5.75 Å². The molecule has 0 spiro atoms. The summed E-state index contributed by atoms with van der Waals surface area (Å²) < 4.78 is 0. The van der Waals surface area contributed by atoms with Crippen LogP contribution in [0.15, 0.2) is 23.4 Å². The van der Waals surface area contributed by atoms with Gasteiger partial charge in [-0.2, -0.15) is 15.0 Å². The second-order valence-corrected chi connectivity index (χ2v) is 6.26. The highest BCUT2D eigenvalue weighted by atomic mass is 32.2. The lowest BCUT2D eigenvalue weighted by Gasteiger charge is -2.13. The van der Waals surface area contributed by atoms with E-state index in [4.69, 9.17) is 5.73 Å². The van der Waals surface area contributed by atoms with Crippen molar-refractivity contribution < 1.29 is 4.79 Å². The third-order valence-electron chi connectivity index (χ3n) is 3.11. The first-order valence-electron chi connectivity index (χ1n) is 7.04. The molecule has 122 valence electrons. The zero-order valence-corrected chi connectivity index (χ0v) is 14.4. The number of rotatable bonds is 6. The number of thioether (sulfide) groups is 1. The van der Waals surface area contributed by atoms with Gasteiger partial charge in [-0.25, -0.2) is 0 Å². The summed E-state index contributed by atoms with van der Waals surface area (Å²) in [5, 5.41) is 3.63. The van der Waals surface area contributed by atoms with E-state index in [-0.39, 0.29) is 5.75 Å². The number of nitrogens with one attached hydrogen (secondary N) is 1. The lowest BCUT2D eigenvalue weighted by molar-refractivity contribution is -0.115. The Kier molecular flexibility index (Phi) is 5.38. The monoisotopic (exact) mass is 332 g/mol. The van der Waals surface area contributed by atoms with Crippen LogP contribution in [0, 0.1) is 13.8 Å². The lowest BCUT2D eigenvalue weighted by atomic mass is 10.1. The molecule has 7 nitrogen and oxygen atoms in total. The van der Waals surface area contributed by atoms with Gasteiger partial charge in [0.25, 0.3) is 0 Å². The summed E-state index contributed by atoms with van der Waals surface area (Å²) in [7, 11) is 3.69. The van der Waals surface area contributed by atoms with Gasteiger partial charge in [0, 0.05) is 19.8 Å². The van der Waals surface area contributed by atoms with Crippen LogP contribution in [0.5, 0.6) is 0 Å². The highest BCUT2D eigenvalue weighted by Crippen LogP contribution is 2.21. The Bertz CT molecular complexity index is 719. The first-order valence-corrected chi connectivity index (χ1v) is 8.02. The van der Waals surface area contributed by atoms with Crippen LogP contribution in [0.25, 0.3) is 0 Å². The molecule has 0 bridgehead atoms. The van der Waals surface area contributed by atoms with Crippen LogP contribution < -0.4 is 16.0 Å². The third-order valence-corrected chi connectivity index (χ3v) is 3.98. The number of amides is 1. The van der Waals surface area contributed by atoms with Crippen molar-refractivity contribution in [1.82, 2.24) is 15.0 Å². The second kappa shape index (κ2) is 7.28. The largest absolute Gasteiger partial charge is 0.369 e. The molecule has 1 aromatic carbocycles. The van der Waals surface area contributed by atoms with Crippen molar-refractivity contribution in [3.8, 4) is 0 Å². The molecular formula is C15H20N6OS. The normalized spacial score (nSPS) is 10.4. The summed E-state index contributed by atoms with van der Waals surface area (Å²) in [6.07, 6.45) is 0. The fraction of sp³-hybridized carbons (Fsp3) is 0.333. The molecule has 0 saturated heterocycles. The van der Waals surface area contributed by atoms with Gasteiger partial charge in [0.15, 0.2) is 5.16 Å². The molecule has 1 amide bonds. The summed E-state index contributed by atoms with van der Waals surface area (Å²) in [6.45, 7) is 4.11. The molecule has 0 saturated carbocycles. The average molecular weight is 332 g/mol. The first-order chi connectivity index (χ1) is 10.8. The van der Waals surface area contributed by atoms with Gasteiger partial charge in [0.1, 0.15) is 0 Å². The van der Waals surface area contributed by atoms with Gasteiger partial charge in [0.2, 0.25) is 17.8 Å². The number of carbonyl (C=O) groups is 1. The van der Waals surface area contributed by atoms with Crippen LogP contribution in [0.3, 0.4) is 0 Å². The van der Waals surface area contributed by atoms with Crippen molar-refractivity contribution in [3.05, 3.63) is 29.3 Å². The van der Waals surface area contributed by atoms with Crippen LogP contribution in [0.2, 0.25) is 0 Å². The van der Waals surface area contributed by atoms with Crippen molar-refractivity contribution in [1.29, 1.82) is 0 Å². The molecule has 0 atom stereocenters. The molecule has 3 N–H and O–H groups in total. The molecule has 1 heterocycles.